The van der Waals surface area contributed by atoms with Crippen molar-refractivity contribution in [1.29, 1.82) is 5.26 Å². The number of anilines is 1. The van der Waals surface area contributed by atoms with Gasteiger partial charge in [-0.3, -0.25) is 4.79 Å². The number of hydrogen-bond acceptors (Lipinski definition) is 4. The highest BCUT2D eigenvalue weighted by Crippen LogP contribution is 2.34. The van der Waals surface area contributed by atoms with E-state index in [0.717, 1.165) is 12.1 Å². The largest absolute Gasteiger partial charge is 0.504 e. The summed E-state index contributed by atoms with van der Waals surface area (Å²) in [4.78, 5) is 12.1. The Bertz CT molecular complexity index is 868. The van der Waals surface area contributed by atoms with Crippen molar-refractivity contribution in [1.82, 2.24) is 0 Å². The number of benzene rings is 2. The third-order valence-electron chi connectivity index (χ3n) is 2.92. The highest BCUT2D eigenvalue weighted by Gasteiger charge is 2.12. The lowest BCUT2D eigenvalue weighted by Gasteiger charge is -2.06. The molecule has 0 heterocycles. The second-order valence-corrected chi connectivity index (χ2v) is 5.44. The minimum atomic E-state index is -0.760. The summed E-state index contributed by atoms with van der Waals surface area (Å²) in [5, 5.41) is 30.1. The summed E-state index contributed by atoms with van der Waals surface area (Å²) >= 11 is 11.3. The van der Waals surface area contributed by atoms with E-state index >= 15 is 0 Å². The van der Waals surface area contributed by atoms with E-state index in [9.17, 15) is 19.4 Å². The first kappa shape index (κ1) is 17.6. The Morgan fingerprint density at radius 2 is 1.92 bits per heavy atom. The molecule has 1 amide bonds. The number of phenolic OH excluding ortho intramolecular Hbond substituents is 2. The van der Waals surface area contributed by atoms with Gasteiger partial charge in [0.15, 0.2) is 11.5 Å². The number of hydrogen-bond donors (Lipinski definition) is 3. The molecule has 0 radical (unpaired) electrons. The van der Waals surface area contributed by atoms with E-state index < -0.39 is 23.2 Å². The summed E-state index contributed by atoms with van der Waals surface area (Å²) < 4.78 is 13.1. The molecule has 0 unspecified atom stereocenters. The van der Waals surface area contributed by atoms with Crippen LogP contribution in [0.4, 0.5) is 10.1 Å². The number of amides is 1. The molecule has 122 valence electrons. The molecule has 0 aliphatic rings. The topological polar surface area (TPSA) is 93.3 Å². The average molecular weight is 367 g/mol. The predicted octanol–water partition coefficient (Wildman–Crippen LogP) is 4.09. The van der Waals surface area contributed by atoms with E-state index in [1.54, 1.807) is 6.07 Å². The highest BCUT2D eigenvalue weighted by molar-refractivity contribution is 6.32. The fourth-order valence-corrected chi connectivity index (χ4v) is 2.18. The van der Waals surface area contributed by atoms with Crippen molar-refractivity contribution in [2.24, 2.45) is 0 Å². The van der Waals surface area contributed by atoms with Crippen LogP contribution in [-0.2, 0) is 4.79 Å². The van der Waals surface area contributed by atoms with Gasteiger partial charge in [-0.1, -0.05) is 23.2 Å². The molecule has 2 aromatic carbocycles. The van der Waals surface area contributed by atoms with E-state index in [2.05, 4.69) is 5.32 Å². The van der Waals surface area contributed by atoms with Gasteiger partial charge >= 0.3 is 0 Å². The number of aromatic hydroxyl groups is 2. The van der Waals surface area contributed by atoms with Crippen molar-refractivity contribution in [3.63, 3.8) is 0 Å². The van der Waals surface area contributed by atoms with E-state index in [-0.39, 0.29) is 26.9 Å². The molecule has 0 aromatic heterocycles. The van der Waals surface area contributed by atoms with Gasteiger partial charge in [-0.2, -0.15) is 5.26 Å². The Balaban J connectivity index is 2.29. The fourth-order valence-electron chi connectivity index (χ4n) is 1.78. The lowest BCUT2D eigenvalue weighted by molar-refractivity contribution is -0.112. The molecule has 0 spiro atoms. The van der Waals surface area contributed by atoms with E-state index in [4.69, 9.17) is 28.5 Å². The average Bonchev–Trinajstić information content (AvgIpc) is 2.53. The number of rotatable bonds is 3. The normalized spacial score (nSPS) is 11.0. The van der Waals surface area contributed by atoms with Crippen LogP contribution in [0.5, 0.6) is 11.5 Å². The summed E-state index contributed by atoms with van der Waals surface area (Å²) in [7, 11) is 0. The van der Waals surface area contributed by atoms with Crippen molar-refractivity contribution in [3.8, 4) is 17.6 Å². The van der Waals surface area contributed by atoms with Crippen LogP contribution in [0.1, 0.15) is 5.56 Å². The zero-order valence-electron chi connectivity index (χ0n) is 11.8. The molecule has 8 heteroatoms. The molecule has 0 aliphatic carbocycles. The van der Waals surface area contributed by atoms with Gasteiger partial charge in [0.2, 0.25) is 0 Å². The molecule has 2 aromatic rings. The third-order valence-corrected chi connectivity index (χ3v) is 3.50. The van der Waals surface area contributed by atoms with Gasteiger partial charge in [0.25, 0.3) is 5.91 Å². The van der Waals surface area contributed by atoms with Gasteiger partial charge in [0.1, 0.15) is 17.5 Å². The first-order chi connectivity index (χ1) is 11.3. The maximum atomic E-state index is 13.1. The van der Waals surface area contributed by atoms with Gasteiger partial charge < -0.3 is 15.5 Å². The molecule has 0 saturated heterocycles. The molecular weight excluding hydrogens is 358 g/mol. The highest BCUT2D eigenvalue weighted by atomic mass is 35.5. The molecule has 24 heavy (non-hydrogen) atoms. The summed E-state index contributed by atoms with van der Waals surface area (Å²) in [6, 6.07) is 7.68. The second-order valence-electron chi connectivity index (χ2n) is 4.62. The van der Waals surface area contributed by atoms with Crippen molar-refractivity contribution < 1.29 is 19.4 Å². The quantitative estimate of drug-likeness (QED) is 0.433. The predicted molar refractivity (Wildman–Crippen MR) is 88.4 cm³/mol. The lowest BCUT2D eigenvalue weighted by Crippen LogP contribution is -2.13. The maximum Gasteiger partial charge on any atom is 0.266 e. The monoisotopic (exact) mass is 366 g/mol. The van der Waals surface area contributed by atoms with E-state index in [1.807, 2.05) is 0 Å². The first-order valence-electron chi connectivity index (χ1n) is 6.41. The first-order valence-corrected chi connectivity index (χ1v) is 7.17. The molecule has 0 fully saturated rings. The Morgan fingerprint density at radius 1 is 1.21 bits per heavy atom. The van der Waals surface area contributed by atoms with Gasteiger partial charge in [0, 0.05) is 5.69 Å². The summed E-state index contributed by atoms with van der Waals surface area (Å²) in [5.74, 6) is -2.39. The van der Waals surface area contributed by atoms with Gasteiger partial charge in [-0.25, -0.2) is 4.39 Å². The van der Waals surface area contributed by atoms with Gasteiger partial charge in [0.05, 0.1) is 10.0 Å². The molecule has 5 nitrogen and oxygen atoms in total. The summed E-state index contributed by atoms with van der Waals surface area (Å²) in [6.07, 6.45) is 1.17. The zero-order chi connectivity index (χ0) is 17.9. The number of nitrogens with one attached hydrogen (secondary N) is 1. The molecular formula is C16H9Cl2FN2O3. The van der Waals surface area contributed by atoms with Crippen molar-refractivity contribution in [2.45, 2.75) is 0 Å². The third kappa shape index (κ3) is 3.96. The van der Waals surface area contributed by atoms with Crippen LogP contribution in [0, 0.1) is 17.1 Å². The van der Waals surface area contributed by atoms with Crippen molar-refractivity contribution in [3.05, 3.63) is 57.3 Å². The van der Waals surface area contributed by atoms with Crippen LogP contribution in [0.25, 0.3) is 6.08 Å². The van der Waals surface area contributed by atoms with Crippen LogP contribution >= 0.6 is 23.2 Å². The fraction of sp³-hybridized carbons (Fsp3) is 0. The summed E-state index contributed by atoms with van der Waals surface area (Å²) in [6.45, 7) is 0. The Morgan fingerprint density at radius 3 is 2.50 bits per heavy atom. The molecule has 3 N–H and O–H groups in total. The number of carbonyl (C=O) groups is 1. The molecule has 2 rings (SSSR count). The van der Waals surface area contributed by atoms with E-state index in [1.165, 1.54) is 24.3 Å². The number of nitriles is 1. The number of phenols is 2. The Kier molecular flexibility index (Phi) is 5.29. The van der Waals surface area contributed by atoms with Crippen LogP contribution in [-0.4, -0.2) is 16.1 Å². The van der Waals surface area contributed by atoms with Crippen molar-refractivity contribution >= 4 is 40.9 Å². The number of carbonyl (C=O) groups excluding carboxylic acids is 1. The molecule has 0 saturated carbocycles. The van der Waals surface area contributed by atoms with Gasteiger partial charge in [-0.15, -0.1) is 0 Å². The van der Waals surface area contributed by atoms with Crippen LogP contribution < -0.4 is 5.32 Å². The Hall–Kier alpha value is -2.75. The molecule has 0 aliphatic heterocycles. The second kappa shape index (κ2) is 7.21. The lowest BCUT2D eigenvalue weighted by atomic mass is 10.1. The van der Waals surface area contributed by atoms with Crippen LogP contribution in [0.2, 0.25) is 10.0 Å². The number of halogens is 3. The smallest absolute Gasteiger partial charge is 0.266 e. The van der Waals surface area contributed by atoms with Gasteiger partial charge in [-0.05, 0) is 42.0 Å². The zero-order valence-corrected chi connectivity index (χ0v) is 13.4. The minimum Gasteiger partial charge on any atom is -0.504 e. The summed E-state index contributed by atoms with van der Waals surface area (Å²) in [5.41, 5.74) is 0.148. The minimum absolute atomic E-state index is 0.135. The van der Waals surface area contributed by atoms with Crippen molar-refractivity contribution in [2.75, 3.05) is 5.32 Å². The maximum absolute atomic E-state index is 13.1. The molecule has 0 atom stereocenters. The van der Waals surface area contributed by atoms with Crippen LogP contribution in [0.3, 0.4) is 0 Å². The standard InChI is InChI=1S/C16H9Cl2FN2O3/c17-11-6-10(1-2-13(11)19)21-16(24)9(7-20)3-8-4-12(18)15(23)14(22)5-8/h1-6,22-23H,(H,21,24)/b9-3+. The Labute approximate surface area is 146 Å². The molecule has 0 bridgehead atoms. The SMILES string of the molecule is N#C/C(=C\c1cc(O)c(O)c(Cl)c1)C(=O)Nc1ccc(F)c(Cl)c1. The number of nitrogens with zero attached hydrogens (tertiary/aromatic N) is 1. The van der Waals surface area contributed by atoms with E-state index in [0.29, 0.717) is 0 Å². The van der Waals surface area contributed by atoms with Crippen LogP contribution in [0.15, 0.2) is 35.9 Å².